The standard InChI is InChI=1S/C23H23O2P/c1-16-9-12-22(20(13-16)17(2)24)26-23-15-19(10-11-21(23)25-3)14-18-7-5-4-6-8-18/h4-13,15,26H,14H2,1-3H3. The summed E-state index contributed by atoms with van der Waals surface area (Å²) in [4.78, 5) is 12.0. The first-order valence-corrected chi connectivity index (χ1v) is 9.66. The molecule has 0 radical (unpaired) electrons. The molecule has 0 amide bonds. The highest BCUT2D eigenvalue weighted by molar-refractivity contribution is 7.56. The number of hydrogen-bond acceptors (Lipinski definition) is 2. The average Bonchev–Trinajstić information content (AvgIpc) is 2.64. The second-order valence-corrected chi connectivity index (χ2v) is 7.75. The highest BCUT2D eigenvalue weighted by Gasteiger charge is 2.12. The topological polar surface area (TPSA) is 26.3 Å². The number of ketones is 1. The number of rotatable bonds is 6. The maximum absolute atomic E-state index is 12.0. The molecule has 0 aliphatic heterocycles. The summed E-state index contributed by atoms with van der Waals surface area (Å²) in [6, 6.07) is 22.9. The first kappa shape index (κ1) is 18.4. The van der Waals surface area contributed by atoms with Gasteiger partial charge in [0.15, 0.2) is 5.78 Å². The van der Waals surface area contributed by atoms with E-state index in [4.69, 9.17) is 4.74 Å². The van der Waals surface area contributed by atoms with Crippen LogP contribution in [0.2, 0.25) is 0 Å². The van der Waals surface area contributed by atoms with Crippen molar-refractivity contribution in [3.63, 3.8) is 0 Å². The number of aryl methyl sites for hydroxylation is 1. The molecule has 3 heteroatoms. The van der Waals surface area contributed by atoms with Gasteiger partial charge in [-0.1, -0.05) is 62.7 Å². The highest BCUT2D eigenvalue weighted by Crippen LogP contribution is 2.24. The minimum absolute atomic E-state index is 0.107. The van der Waals surface area contributed by atoms with Gasteiger partial charge >= 0.3 is 0 Å². The van der Waals surface area contributed by atoms with Gasteiger partial charge < -0.3 is 4.74 Å². The summed E-state index contributed by atoms with van der Waals surface area (Å²) in [6.45, 7) is 3.65. The van der Waals surface area contributed by atoms with E-state index in [-0.39, 0.29) is 5.78 Å². The van der Waals surface area contributed by atoms with Crippen molar-refractivity contribution in [1.29, 1.82) is 0 Å². The summed E-state index contributed by atoms with van der Waals surface area (Å²) in [5.74, 6) is 0.978. The van der Waals surface area contributed by atoms with Crippen molar-refractivity contribution in [2.75, 3.05) is 7.11 Å². The van der Waals surface area contributed by atoms with Gasteiger partial charge in [-0.2, -0.15) is 0 Å². The molecule has 0 aliphatic carbocycles. The molecule has 0 saturated heterocycles. The molecule has 1 atom stereocenters. The van der Waals surface area contributed by atoms with Crippen molar-refractivity contribution in [2.45, 2.75) is 20.3 Å². The third-order valence-electron chi connectivity index (χ3n) is 4.34. The van der Waals surface area contributed by atoms with Crippen LogP contribution < -0.4 is 15.3 Å². The van der Waals surface area contributed by atoms with Gasteiger partial charge in [-0.15, -0.1) is 0 Å². The van der Waals surface area contributed by atoms with E-state index in [9.17, 15) is 4.79 Å². The Kier molecular flexibility index (Phi) is 5.85. The van der Waals surface area contributed by atoms with Crippen LogP contribution in [0.5, 0.6) is 5.75 Å². The van der Waals surface area contributed by atoms with Gasteiger partial charge in [0, 0.05) is 10.9 Å². The zero-order valence-corrected chi connectivity index (χ0v) is 16.4. The predicted molar refractivity (Wildman–Crippen MR) is 111 cm³/mol. The number of Topliss-reactive ketones (excluding diaryl/α,β-unsaturated/α-hetero) is 1. The van der Waals surface area contributed by atoms with Crippen molar-refractivity contribution in [3.05, 3.63) is 89.0 Å². The summed E-state index contributed by atoms with van der Waals surface area (Å²) < 4.78 is 5.57. The molecule has 3 aromatic rings. The van der Waals surface area contributed by atoms with E-state index in [0.717, 1.165) is 33.9 Å². The molecule has 0 spiro atoms. The van der Waals surface area contributed by atoms with Gasteiger partial charge in [-0.05, 0) is 54.9 Å². The molecule has 132 valence electrons. The van der Waals surface area contributed by atoms with Crippen LogP contribution >= 0.6 is 8.58 Å². The van der Waals surface area contributed by atoms with E-state index in [1.165, 1.54) is 11.1 Å². The largest absolute Gasteiger partial charge is 0.496 e. The van der Waals surface area contributed by atoms with Gasteiger partial charge in [0.25, 0.3) is 0 Å². The van der Waals surface area contributed by atoms with Crippen LogP contribution in [-0.4, -0.2) is 12.9 Å². The van der Waals surface area contributed by atoms with Crippen molar-refractivity contribution >= 4 is 25.0 Å². The Morgan fingerprint density at radius 1 is 0.923 bits per heavy atom. The van der Waals surface area contributed by atoms with E-state index < -0.39 is 0 Å². The second kappa shape index (κ2) is 8.29. The summed E-state index contributed by atoms with van der Waals surface area (Å²) in [6.07, 6.45) is 0.885. The second-order valence-electron chi connectivity index (χ2n) is 6.43. The fourth-order valence-corrected chi connectivity index (χ4v) is 4.40. The van der Waals surface area contributed by atoms with Crippen molar-refractivity contribution in [1.82, 2.24) is 0 Å². The Morgan fingerprint density at radius 2 is 1.69 bits per heavy atom. The Balaban J connectivity index is 1.94. The third kappa shape index (κ3) is 4.39. The van der Waals surface area contributed by atoms with Gasteiger partial charge in [0.2, 0.25) is 0 Å². The minimum atomic E-state index is 0.107. The fourth-order valence-electron chi connectivity index (χ4n) is 3.00. The lowest BCUT2D eigenvalue weighted by Gasteiger charge is -2.13. The number of benzene rings is 3. The lowest BCUT2D eigenvalue weighted by atomic mass is 10.1. The van der Waals surface area contributed by atoms with E-state index in [2.05, 4.69) is 48.5 Å². The molecule has 0 aromatic heterocycles. The first-order valence-electron chi connectivity index (χ1n) is 8.66. The fraction of sp³-hybridized carbons (Fsp3) is 0.174. The number of hydrogen-bond donors (Lipinski definition) is 0. The van der Waals surface area contributed by atoms with Gasteiger partial charge in [0.1, 0.15) is 5.75 Å². The Labute approximate surface area is 157 Å². The molecule has 3 rings (SSSR count). The lowest BCUT2D eigenvalue weighted by molar-refractivity contribution is 0.101. The van der Waals surface area contributed by atoms with E-state index >= 15 is 0 Å². The number of carbonyl (C=O) groups excluding carboxylic acids is 1. The summed E-state index contributed by atoms with van der Waals surface area (Å²) >= 11 is 0. The molecule has 0 aliphatic rings. The quantitative estimate of drug-likeness (QED) is 0.479. The van der Waals surface area contributed by atoms with Crippen LogP contribution in [0.25, 0.3) is 0 Å². The Hall–Kier alpha value is -2.44. The van der Waals surface area contributed by atoms with Crippen molar-refractivity contribution in [3.8, 4) is 5.75 Å². The smallest absolute Gasteiger partial charge is 0.160 e. The third-order valence-corrected chi connectivity index (χ3v) is 5.70. The van der Waals surface area contributed by atoms with Gasteiger partial charge in [-0.3, -0.25) is 4.79 Å². The maximum atomic E-state index is 12.0. The number of ether oxygens (including phenoxy) is 1. The summed E-state index contributed by atoms with van der Waals surface area (Å²) in [7, 11) is 2.08. The van der Waals surface area contributed by atoms with Crippen LogP contribution in [0.3, 0.4) is 0 Å². The SMILES string of the molecule is COc1ccc(Cc2ccccc2)cc1Pc1ccc(C)cc1C(C)=O. The van der Waals surface area contributed by atoms with Crippen LogP contribution in [0.4, 0.5) is 0 Å². The van der Waals surface area contributed by atoms with E-state index in [1.54, 1.807) is 14.0 Å². The maximum Gasteiger partial charge on any atom is 0.160 e. The van der Waals surface area contributed by atoms with Crippen molar-refractivity contribution < 1.29 is 9.53 Å². The van der Waals surface area contributed by atoms with E-state index in [0.29, 0.717) is 8.58 Å². The average molecular weight is 362 g/mol. The molecule has 2 nitrogen and oxygen atoms in total. The molecule has 0 heterocycles. The predicted octanol–water partition coefficient (Wildman–Crippen LogP) is 4.43. The molecule has 0 saturated carbocycles. The van der Waals surface area contributed by atoms with Gasteiger partial charge in [0.05, 0.1) is 7.11 Å². The lowest BCUT2D eigenvalue weighted by Crippen LogP contribution is -2.14. The first-order chi connectivity index (χ1) is 12.6. The van der Waals surface area contributed by atoms with Crippen LogP contribution in [0.15, 0.2) is 66.7 Å². The minimum Gasteiger partial charge on any atom is -0.496 e. The molecule has 0 N–H and O–H groups in total. The van der Waals surface area contributed by atoms with Crippen molar-refractivity contribution in [2.24, 2.45) is 0 Å². The molecular formula is C23H23O2P. The molecule has 1 unspecified atom stereocenters. The molecular weight excluding hydrogens is 339 g/mol. The van der Waals surface area contributed by atoms with Gasteiger partial charge in [-0.25, -0.2) is 0 Å². The van der Waals surface area contributed by atoms with Crippen LogP contribution in [-0.2, 0) is 6.42 Å². The summed E-state index contributed by atoms with van der Waals surface area (Å²) in [5, 5.41) is 2.20. The highest BCUT2D eigenvalue weighted by atomic mass is 31.1. The number of carbonyl (C=O) groups is 1. The van der Waals surface area contributed by atoms with E-state index in [1.807, 2.05) is 25.1 Å². The summed E-state index contributed by atoms with van der Waals surface area (Å²) in [5.41, 5.74) is 4.44. The van der Waals surface area contributed by atoms with Crippen LogP contribution in [0.1, 0.15) is 34.0 Å². The molecule has 0 bridgehead atoms. The number of methoxy groups -OCH3 is 1. The normalized spacial score (nSPS) is 11.0. The molecule has 26 heavy (non-hydrogen) atoms. The zero-order valence-electron chi connectivity index (χ0n) is 15.4. The Bertz CT molecular complexity index is 917. The zero-order chi connectivity index (χ0) is 18.5. The Morgan fingerprint density at radius 3 is 2.38 bits per heavy atom. The molecule has 0 fully saturated rings. The monoisotopic (exact) mass is 362 g/mol. The van der Waals surface area contributed by atoms with Crippen LogP contribution in [0, 0.1) is 6.92 Å². The molecule has 3 aromatic carbocycles.